The van der Waals surface area contributed by atoms with Gasteiger partial charge in [0.1, 0.15) is 12.4 Å². The number of imide groups is 1. The Labute approximate surface area is 299 Å². The molecule has 264 valence electrons. The van der Waals surface area contributed by atoms with Crippen molar-refractivity contribution in [2.45, 2.75) is 61.5 Å². The van der Waals surface area contributed by atoms with Crippen molar-refractivity contribution in [2.75, 3.05) is 10.2 Å². The third kappa shape index (κ3) is 5.46. The summed E-state index contributed by atoms with van der Waals surface area (Å²) in [5.41, 5.74) is 0.904. The van der Waals surface area contributed by atoms with Gasteiger partial charge in [-0.25, -0.2) is 4.39 Å². The molecule has 4 aliphatic rings. The van der Waals surface area contributed by atoms with Crippen LogP contribution in [0.1, 0.15) is 54.7 Å². The first kappa shape index (κ1) is 33.9. The number of amides is 3. The number of alkyl halides is 3. The standard InChI is InChI=1S/C38H33F4N3O4S2/c1-37(2,3)19-10-8-18(9-11-19)27-28-22-16-23(30-29(22)33(47)45(34(30)48)21-14-12-20(39)13-15-21)31(28)50-35-32(27)51-36(49)44(35)17-26(46)43-25-7-5-4-6-24(25)38(40,41)42/h4-15,22-23,27-31H,16-17H2,1-3H3,(H,43,46). The Kier molecular flexibility index (Phi) is 7.91. The van der Waals surface area contributed by atoms with Gasteiger partial charge in [-0.3, -0.25) is 28.6 Å². The SMILES string of the molecule is CC(C)(C)c1ccc(C2c3sc(=O)n(CC(=O)Nc4ccccc4C(F)(F)F)c3SC3C4CC(C5C(=O)N(c6ccc(F)cc6)C(=O)C45)C23)cc1. The number of para-hydroxylation sites is 1. The van der Waals surface area contributed by atoms with Crippen molar-refractivity contribution < 1.29 is 31.9 Å². The Morgan fingerprint density at radius 1 is 0.882 bits per heavy atom. The average Bonchev–Trinajstić information content (AvgIpc) is 3.79. The van der Waals surface area contributed by atoms with Crippen molar-refractivity contribution in [3.05, 3.63) is 110 Å². The first-order valence-electron chi connectivity index (χ1n) is 16.7. The number of hydrogen-bond donors (Lipinski definition) is 1. The van der Waals surface area contributed by atoms with Crippen molar-refractivity contribution >= 4 is 52.2 Å². The Hall–Kier alpha value is -4.23. The molecule has 3 aromatic carbocycles. The summed E-state index contributed by atoms with van der Waals surface area (Å²) < 4.78 is 56.1. The molecule has 1 aromatic heterocycles. The van der Waals surface area contributed by atoms with E-state index in [1.165, 1.54) is 63.7 Å². The highest BCUT2D eigenvalue weighted by atomic mass is 32.2. The highest BCUT2D eigenvalue weighted by molar-refractivity contribution is 8.00. The van der Waals surface area contributed by atoms with E-state index in [9.17, 15) is 36.7 Å². The molecule has 4 aromatic rings. The average molecular weight is 736 g/mol. The number of fused-ring (bicyclic) bond motifs is 9. The van der Waals surface area contributed by atoms with Gasteiger partial charge in [0.25, 0.3) is 0 Å². The third-order valence-electron chi connectivity index (χ3n) is 11.0. The molecule has 3 heterocycles. The van der Waals surface area contributed by atoms with Crippen molar-refractivity contribution in [2.24, 2.45) is 29.6 Å². The molecule has 0 radical (unpaired) electrons. The zero-order valence-corrected chi connectivity index (χ0v) is 29.4. The van der Waals surface area contributed by atoms with Crippen LogP contribution in [0.15, 0.2) is 82.6 Å². The Balaban J connectivity index is 1.18. The number of thiazole rings is 1. The molecule has 51 heavy (non-hydrogen) atoms. The fourth-order valence-corrected chi connectivity index (χ4v) is 12.0. The fraction of sp³-hybridized carbons (Fsp3) is 0.368. The van der Waals surface area contributed by atoms with Gasteiger partial charge in [0.2, 0.25) is 17.7 Å². The van der Waals surface area contributed by atoms with Crippen LogP contribution in [0.2, 0.25) is 0 Å². The van der Waals surface area contributed by atoms with Gasteiger partial charge in [-0.1, -0.05) is 68.5 Å². The second-order valence-electron chi connectivity index (χ2n) is 14.8. The van der Waals surface area contributed by atoms with E-state index in [0.29, 0.717) is 17.1 Å². The second-order valence-corrected chi connectivity index (χ2v) is 17.0. The predicted molar refractivity (Wildman–Crippen MR) is 186 cm³/mol. The molecule has 2 saturated carbocycles. The van der Waals surface area contributed by atoms with Crippen LogP contribution in [0.25, 0.3) is 0 Å². The quantitative estimate of drug-likeness (QED) is 0.168. The Morgan fingerprint density at radius 3 is 2.18 bits per heavy atom. The molecule has 0 spiro atoms. The number of nitrogens with one attached hydrogen (secondary N) is 1. The van der Waals surface area contributed by atoms with Gasteiger partial charge >= 0.3 is 11.0 Å². The Bertz CT molecular complexity index is 2140. The van der Waals surface area contributed by atoms with E-state index in [4.69, 9.17) is 0 Å². The number of anilines is 2. The summed E-state index contributed by atoms with van der Waals surface area (Å²) in [6.07, 6.45) is -4.04. The minimum atomic E-state index is -4.69. The van der Waals surface area contributed by atoms with E-state index in [1.54, 1.807) is 0 Å². The van der Waals surface area contributed by atoms with Crippen LogP contribution in [-0.4, -0.2) is 27.5 Å². The van der Waals surface area contributed by atoms with E-state index >= 15 is 0 Å². The van der Waals surface area contributed by atoms with Gasteiger partial charge in [-0.2, -0.15) is 13.2 Å². The predicted octanol–water partition coefficient (Wildman–Crippen LogP) is 7.68. The number of halogens is 4. The number of aromatic nitrogens is 1. The van der Waals surface area contributed by atoms with Crippen LogP contribution in [-0.2, 0) is 32.5 Å². The van der Waals surface area contributed by atoms with Crippen LogP contribution < -0.4 is 15.1 Å². The third-order valence-corrected chi connectivity index (χ3v) is 13.8. The Morgan fingerprint density at radius 2 is 1.53 bits per heavy atom. The lowest BCUT2D eigenvalue weighted by Gasteiger charge is -2.43. The van der Waals surface area contributed by atoms with E-state index < -0.39 is 52.4 Å². The molecule has 13 heteroatoms. The maximum Gasteiger partial charge on any atom is 0.418 e. The van der Waals surface area contributed by atoms with E-state index in [1.807, 2.05) is 12.1 Å². The van der Waals surface area contributed by atoms with Gasteiger partial charge in [-0.15, -0.1) is 11.8 Å². The zero-order valence-electron chi connectivity index (χ0n) is 27.7. The second kappa shape index (κ2) is 11.9. The van der Waals surface area contributed by atoms with Gasteiger partial charge in [-0.05, 0) is 77.1 Å². The summed E-state index contributed by atoms with van der Waals surface area (Å²) in [4.78, 5) is 56.5. The molecule has 3 amide bonds. The molecule has 2 aliphatic carbocycles. The van der Waals surface area contributed by atoms with E-state index in [-0.39, 0.29) is 46.2 Å². The molecule has 7 nitrogen and oxygen atoms in total. The van der Waals surface area contributed by atoms with Crippen LogP contribution in [0, 0.1) is 35.4 Å². The summed E-state index contributed by atoms with van der Waals surface area (Å²) in [7, 11) is 0. The van der Waals surface area contributed by atoms with Gasteiger partial charge in [0.05, 0.1) is 33.8 Å². The first-order chi connectivity index (χ1) is 24.1. The van der Waals surface area contributed by atoms with Crippen molar-refractivity contribution in [3.8, 4) is 0 Å². The fourth-order valence-electron chi connectivity index (χ4n) is 8.84. The number of rotatable bonds is 5. The van der Waals surface area contributed by atoms with E-state index in [0.717, 1.165) is 33.4 Å². The summed E-state index contributed by atoms with van der Waals surface area (Å²) in [5, 5.41) is 2.75. The van der Waals surface area contributed by atoms with Crippen molar-refractivity contribution in [1.82, 2.24) is 4.57 Å². The molecule has 3 fully saturated rings. The highest BCUT2D eigenvalue weighted by Gasteiger charge is 2.70. The lowest BCUT2D eigenvalue weighted by atomic mass is 9.68. The lowest BCUT2D eigenvalue weighted by Crippen LogP contribution is -2.43. The van der Waals surface area contributed by atoms with Crippen LogP contribution in [0.4, 0.5) is 28.9 Å². The monoisotopic (exact) mass is 735 g/mol. The molecule has 2 bridgehead atoms. The molecular formula is C38H33F4N3O4S2. The summed E-state index contributed by atoms with van der Waals surface area (Å²) in [6.45, 7) is 5.85. The van der Waals surface area contributed by atoms with Crippen molar-refractivity contribution in [1.29, 1.82) is 0 Å². The number of carbonyl (C=O) groups is 3. The smallest absolute Gasteiger partial charge is 0.324 e. The first-order valence-corrected chi connectivity index (χ1v) is 18.4. The molecule has 8 rings (SSSR count). The molecule has 1 saturated heterocycles. The topological polar surface area (TPSA) is 88.5 Å². The normalized spacial score (nSPS) is 26.6. The summed E-state index contributed by atoms with van der Waals surface area (Å²) >= 11 is 2.45. The maximum absolute atomic E-state index is 14.0. The zero-order chi connectivity index (χ0) is 36.1. The van der Waals surface area contributed by atoms with Crippen LogP contribution in [0.5, 0.6) is 0 Å². The largest absolute Gasteiger partial charge is 0.418 e. The molecular weight excluding hydrogens is 703 g/mol. The van der Waals surface area contributed by atoms with Crippen molar-refractivity contribution in [3.63, 3.8) is 0 Å². The molecule has 2 aliphatic heterocycles. The van der Waals surface area contributed by atoms with Crippen LogP contribution >= 0.6 is 23.1 Å². The molecule has 7 unspecified atom stereocenters. The van der Waals surface area contributed by atoms with Gasteiger partial charge in [0, 0.05) is 16.0 Å². The molecule has 7 atom stereocenters. The van der Waals surface area contributed by atoms with Crippen LogP contribution in [0.3, 0.4) is 0 Å². The highest BCUT2D eigenvalue weighted by Crippen LogP contribution is 2.69. The number of benzene rings is 3. The lowest BCUT2D eigenvalue weighted by molar-refractivity contribution is -0.137. The number of carbonyl (C=O) groups excluding carboxylic acids is 3. The van der Waals surface area contributed by atoms with E-state index in [2.05, 4.69) is 38.2 Å². The summed E-state index contributed by atoms with van der Waals surface area (Å²) in [6, 6.07) is 18.2. The minimum Gasteiger partial charge on any atom is -0.324 e. The van der Waals surface area contributed by atoms with Gasteiger partial charge in [0.15, 0.2) is 0 Å². The number of thioether (sulfide) groups is 1. The minimum absolute atomic E-state index is 0.0989. The maximum atomic E-state index is 14.0. The van der Waals surface area contributed by atoms with Gasteiger partial charge < -0.3 is 5.32 Å². The number of hydrogen-bond acceptors (Lipinski definition) is 6. The summed E-state index contributed by atoms with van der Waals surface area (Å²) in [5.74, 6) is -3.75. The number of nitrogens with zero attached hydrogens (tertiary/aromatic N) is 2. The molecule has 1 N–H and O–H groups in total.